The van der Waals surface area contributed by atoms with Crippen molar-refractivity contribution in [2.24, 2.45) is 5.18 Å². The minimum Gasteiger partial charge on any atom is -0.335 e. The molecule has 10 heteroatoms. The van der Waals surface area contributed by atoms with Crippen LogP contribution in [0.15, 0.2) is 54.4 Å². The van der Waals surface area contributed by atoms with Crippen molar-refractivity contribution in [3.63, 3.8) is 0 Å². The number of hydrogen-bond donors (Lipinski definition) is 2. The zero-order chi connectivity index (χ0) is 20.9. The van der Waals surface area contributed by atoms with E-state index in [1.807, 2.05) is 6.07 Å². The summed E-state index contributed by atoms with van der Waals surface area (Å²) in [7, 11) is 0. The van der Waals surface area contributed by atoms with Crippen LogP contribution in [0.25, 0.3) is 5.52 Å². The van der Waals surface area contributed by atoms with E-state index in [-0.39, 0.29) is 18.1 Å². The molecule has 0 aromatic carbocycles. The van der Waals surface area contributed by atoms with Crippen LogP contribution in [-0.4, -0.2) is 42.4 Å². The fourth-order valence-corrected chi connectivity index (χ4v) is 3.55. The molecule has 2 N–H and O–H groups in total. The van der Waals surface area contributed by atoms with Crippen LogP contribution in [0.3, 0.4) is 0 Å². The van der Waals surface area contributed by atoms with Gasteiger partial charge in [-0.05, 0) is 49.1 Å². The number of urea groups is 1. The lowest BCUT2D eigenvalue weighted by atomic mass is 9.93. The fraction of sp³-hybridized carbons (Fsp3) is 0.350. The maximum Gasteiger partial charge on any atom is 0.323 e. The number of amides is 2. The molecule has 0 radical (unpaired) electrons. The Morgan fingerprint density at radius 1 is 1.20 bits per heavy atom. The monoisotopic (exact) mass is 406 g/mol. The Kier molecular flexibility index (Phi) is 5.73. The van der Waals surface area contributed by atoms with Crippen molar-refractivity contribution in [1.82, 2.24) is 29.8 Å². The SMILES string of the molecule is N=C1CCC(c2cnccn2)N1C(=O)NC1CCC1.O=Nc1ccnn2cccc12. The number of carbonyl (C=O) groups is 1. The van der Waals surface area contributed by atoms with Crippen LogP contribution in [0, 0.1) is 10.3 Å². The predicted molar refractivity (Wildman–Crippen MR) is 110 cm³/mol. The second-order valence-corrected chi connectivity index (χ2v) is 7.22. The van der Waals surface area contributed by atoms with E-state index in [2.05, 4.69) is 25.6 Å². The summed E-state index contributed by atoms with van der Waals surface area (Å²) in [6.45, 7) is 0. The number of nitroso groups, excluding NO2 is 1. The van der Waals surface area contributed by atoms with Gasteiger partial charge in [0.05, 0.1) is 29.6 Å². The highest BCUT2D eigenvalue weighted by molar-refractivity contribution is 5.98. The van der Waals surface area contributed by atoms with Crippen LogP contribution in [0.1, 0.15) is 43.8 Å². The second-order valence-electron chi connectivity index (χ2n) is 7.22. The van der Waals surface area contributed by atoms with Crippen molar-refractivity contribution in [3.05, 3.63) is 59.8 Å². The second kappa shape index (κ2) is 8.76. The molecule has 0 bridgehead atoms. The standard InChI is InChI=1S/C13H17N5O.C7H5N3O/c14-12-5-4-11(10-8-15-6-7-16-10)18(12)13(19)17-9-2-1-3-9;11-9-6-3-4-8-10-5-1-2-7(6)10/h6-9,11,14H,1-5H2,(H,17,19);1-5H. The number of fused-ring (bicyclic) bond motifs is 1. The summed E-state index contributed by atoms with van der Waals surface area (Å²) in [6.07, 6.45) is 12.8. The predicted octanol–water partition coefficient (Wildman–Crippen LogP) is 3.59. The van der Waals surface area contributed by atoms with Crippen molar-refractivity contribution >= 4 is 23.1 Å². The molecule has 5 rings (SSSR count). The summed E-state index contributed by atoms with van der Waals surface area (Å²) in [5.41, 5.74) is 1.92. The maximum absolute atomic E-state index is 12.3. The number of rotatable bonds is 3. The maximum atomic E-state index is 12.3. The smallest absolute Gasteiger partial charge is 0.323 e. The molecule has 4 heterocycles. The number of likely N-dealkylation sites (tertiary alicyclic amines) is 1. The lowest BCUT2D eigenvalue weighted by Gasteiger charge is -2.31. The molecular formula is C20H22N8O2. The number of hydrogen-bond acceptors (Lipinski definition) is 7. The summed E-state index contributed by atoms with van der Waals surface area (Å²) in [5, 5.41) is 17.8. The van der Waals surface area contributed by atoms with Gasteiger partial charge < -0.3 is 5.32 Å². The van der Waals surface area contributed by atoms with Crippen molar-refractivity contribution in [3.8, 4) is 0 Å². The molecule has 30 heavy (non-hydrogen) atoms. The summed E-state index contributed by atoms with van der Waals surface area (Å²) in [4.78, 5) is 32.3. The minimum atomic E-state index is -0.164. The first-order chi connectivity index (χ1) is 14.7. The lowest BCUT2D eigenvalue weighted by Crippen LogP contribution is -2.48. The van der Waals surface area contributed by atoms with E-state index in [1.165, 1.54) is 11.3 Å². The van der Waals surface area contributed by atoms with Gasteiger partial charge in [0, 0.05) is 31.1 Å². The first-order valence-electron chi connectivity index (χ1n) is 9.86. The largest absolute Gasteiger partial charge is 0.335 e. The third-order valence-electron chi connectivity index (χ3n) is 5.35. The number of carbonyl (C=O) groups excluding carboxylic acids is 1. The zero-order valence-electron chi connectivity index (χ0n) is 16.3. The highest BCUT2D eigenvalue weighted by atomic mass is 16.3. The van der Waals surface area contributed by atoms with Gasteiger partial charge in [-0.3, -0.25) is 20.3 Å². The van der Waals surface area contributed by atoms with E-state index in [0.29, 0.717) is 17.9 Å². The third-order valence-corrected chi connectivity index (χ3v) is 5.35. The van der Waals surface area contributed by atoms with E-state index in [1.54, 1.807) is 47.6 Å². The first kappa shape index (κ1) is 19.6. The first-order valence-corrected chi connectivity index (χ1v) is 9.86. The molecule has 2 fully saturated rings. The van der Waals surface area contributed by atoms with Crippen LogP contribution in [0.5, 0.6) is 0 Å². The van der Waals surface area contributed by atoms with Gasteiger partial charge in [0.25, 0.3) is 0 Å². The average molecular weight is 406 g/mol. The summed E-state index contributed by atoms with van der Waals surface area (Å²) < 4.78 is 1.61. The topological polar surface area (TPSA) is 129 Å². The Morgan fingerprint density at radius 2 is 2.07 bits per heavy atom. The molecule has 2 amide bonds. The molecule has 3 aromatic heterocycles. The van der Waals surface area contributed by atoms with E-state index >= 15 is 0 Å². The van der Waals surface area contributed by atoms with Gasteiger partial charge in [-0.1, -0.05) is 0 Å². The quantitative estimate of drug-likeness (QED) is 0.642. The van der Waals surface area contributed by atoms with Gasteiger partial charge in [0.2, 0.25) is 0 Å². The molecule has 2 aliphatic rings. The van der Waals surface area contributed by atoms with Crippen molar-refractivity contribution < 1.29 is 4.79 Å². The van der Waals surface area contributed by atoms with Crippen molar-refractivity contribution in [2.75, 3.05) is 0 Å². The molecule has 1 aliphatic carbocycles. The van der Waals surface area contributed by atoms with E-state index < -0.39 is 0 Å². The van der Waals surface area contributed by atoms with Crippen LogP contribution >= 0.6 is 0 Å². The van der Waals surface area contributed by atoms with Crippen molar-refractivity contribution in [1.29, 1.82) is 5.41 Å². The molecule has 1 saturated carbocycles. The third kappa shape index (κ3) is 4.02. The van der Waals surface area contributed by atoms with Gasteiger partial charge in [-0.2, -0.15) is 5.10 Å². The molecule has 10 nitrogen and oxygen atoms in total. The van der Waals surface area contributed by atoms with Crippen LogP contribution in [-0.2, 0) is 0 Å². The summed E-state index contributed by atoms with van der Waals surface area (Å²) in [5.74, 6) is 0.368. The van der Waals surface area contributed by atoms with Gasteiger partial charge >= 0.3 is 6.03 Å². The molecular weight excluding hydrogens is 384 g/mol. The van der Waals surface area contributed by atoms with Gasteiger partial charge in [-0.25, -0.2) is 9.31 Å². The molecule has 1 atom stereocenters. The van der Waals surface area contributed by atoms with Crippen LogP contribution < -0.4 is 5.32 Å². The van der Waals surface area contributed by atoms with Gasteiger partial charge in [0.1, 0.15) is 11.5 Å². The Labute approximate surface area is 172 Å². The number of amidine groups is 1. The highest BCUT2D eigenvalue weighted by Gasteiger charge is 2.36. The zero-order valence-corrected chi connectivity index (χ0v) is 16.3. The Morgan fingerprint density at radius 3 is 2.77 bits per heavy atom. The minimum absolute atomic E-state index is 0.152. The molecule has 0 spiro atoms. The Bertz CT molecular complexity index is 1050. The molecule has 3 aromatic rings. The average Bonchev–Trinajstić information content (AvgIpc) is 3.38. The summed E-state index contributed by atoms with van der Waals surface area (Å²) in [6, 6.07) is 5.16. The van der Waals surface area contributed by atoms with Gasteiger partial charge in [0.15, 0.2) is 0 Å². The fourth-order valence-electron chi connectivity index (χ4n) is 3.55. The van der Waals surface area contributed by atoms with E-state index in [9.17, 15) is 9.70 Å². The number of nitrogens with zero attached hydrogens (tertiary/aromatic N) is 6. The van der Waals surface area contributed by atoms with Crippen molar-refractivity contribution in [2.45, 2.75) is 44.2 Å². The van der Waals surface area contributed by atoms with Crippen LogP contribution in [0.2, 0.25) is 0 Å². The van der Waals surface area contributed by atoms with E-state index in [0.717, 1.165) is 30.5 Å². The molecule has 154 valence electrons. The van der Waals surface area contributed by atoms with Crippen LogP contribution in [0.4, 0.5) is 10.5 Å². The number of nitrogens with one attached hydrogen (secondary N) is 2. The molecule has 1 unspecified atom stereocenters. The Balaban J connectivity index is 0.000000168. The highest BCUT2D eigenvalue weighted by Crippen LogP contribution is 2.32. The van der Waals surface area contributed by atoms with Gasteiger partial charge in [-0.15, -0.1) is 4.91 Å². The summed E-state index contributed by atoms with van der Waals surface area (Å²) >= 11 is 0. The molecule has 1 aliphatic heterocycles. The Hall–Kier alpha value is -3.69. The lowest BCUT2D eigenvalue weighted by molar-refractivity contribution is 0.199. The molecule has 1 saturated heterocycles. The number of aromatic nitrogens is 4. The normalized spacial score (nSPS) is 18.5. The van der Waals surface area contributed by atoms with E-state index in [4.69, 9.17) is 5.41 Å².